The number of benzene rings is 1. The molecule has 3 rings (SSSR count). The number of hydrogen-bond acceptors (Lipinski definition) is 3. The van der Waals surface area contributed by atoms with Gasteiger partial charge in [0, 0.05) is 13.2 Å². The minimum Gasteiger partial charge on any atom is -0.319 e. The molecule has 124 valence electrons. The van der Waals surface area contributed by atoms with Gasteiger partial charge >= 0.3 is 0 Å². The van der Waals surface area contributed by atoms with Gasteiger partial charge in [-0.1, -0.05) is 12.1 Å². The Morgan fingerprint density at radius 1 is 1.33 bits per heavy atom. The van der Waals surface area contributed by atoms with Gasteiger partial charge in [-0.2, -0.15) is 10.2 Å². The lowest BCUT2D eigenvalue weighted by Crippen LogP contribution is -2.12. The van der Waals surface area contributed by atoms with E-state index >= 15 is 0 Å². The lowest BCUT2D eigenvalue weighted by Gasteiger charge is -2.07. The Balaban J connectivity index is 1.82. The highest BCUT2D eigenvalue weighted by Crippen LogP contribution is 2.21. The molecule has 0 saturated heterocycles. The summed E-state index contributed by atoms with van der Waals surface area (Å²) in [6.07, 6.45) is 3.16. The van der Waals surface area contributed by atoms with E-state index in [2.05, 4.69) is 15.5 Å². The molecule has 0 bridgehead atoms. The summed E-state index contributed by atoms with van der Waals surface area (Å²) in [6, 6.07) is 6.39. The van der Waals surface area contributed by atoms with Crippen LogP contribution in [-0.2, 0) is 13.6 Å². The van der Waals surface area contributed by atoms with Gasteiger partial charge in [0.25, 0.3) is 5.91 Å². The summed E-state index contributed by atoms with van der Waals surface area (Å²) in [5, 5.41) is 11.3. The van der Waals surface area contributed by atoms with E-state index in [-0.39, 0.29) is 11.7 Å². The molecular formula is C17H18FN5O. The van der Waals surface area contributed by atoms with E-state index < -0.39 is 0 Å². The molecule has 1 aromatic carbocycles. The second-order valence-electron chi connectivity index (χ2n) is 5.69. The third kappa shape index (κ3) is 3.19. The average molecular weight is 327 g/mol. The van der Waals surface area contributed by atoms with Crippen LogP contribution in [0.1, 0.15) is 27.3 Å². The molecule has 1 N–H and O–H groups in total. The average Bonchev–Trinajstić information content (AvgIpc) is 3.07. The summed E-state index contributed by atoms with van der Waals surface area (Å²) in [6.45, 7) is 4.14. The first-order valence-corrected chi connectivity index (χ1v) is 7.52. The highest BCUT2D eigenvalue weighted by atomic mass is 19.1. The largest absolute Gasteiger partial charge is 0.319 e. The van der Waals surface area contributed by atoms with Crippen LogP contribution >= 0.6 is 0 Å². The second kappa shape index (κ2) is 6.27. The summed E-state index contributed by atoms with van der Waals surface area (Å²) in [5.74, 6) is -0.515. The lowest BCUT2D eigenvalue weighted by atomic mass is 10.2. The first-order chi connectivity index (χ1) is 11.4. The molecule has 2 aromatic heterocycles. The van der Waals surface area contributed by atoms with Gasteiger partial charge in [-0.3, -0.25) is 14.2 Å². The van der Waals surface area contributed by atoms with Crippen molar-refractivity contribution < 1.29 is 9.18 Å². The van der Waals surface area contributed by atoms with Crippen molar-refractivity contribution in [3.8, 4) is 0 Å². The van der Waals surface area contributed by atoms with Crippen LogP contribution in [0, 0.1) is 19.7 Å². The van der Waals surface area contributed by atoms with Crippen LogP contribution in [0.4, 0.5) is 10.1 Å². The number of aromatic nitrogens is 4. The fourth-order valence-corrected chi connectivity index (χ4v) is 2.56. The number of amides is 1. The van der Waals surface area contributed by atoms with Crippen molar-refractivity contribution in [3.05, 3.63) is 65.0 Å². The van der Waals surface area contributed by atoms with E-state index in [4.69, 9.17) is 0 Å². The van der Waals surface area contributed by atoms with Gasteiger partial charge in [-0.15, -0.1) is 0 Å². The van der Waals surface area contributed by atoms with Gasteiger partial charge in [0.15, 0.2) is 0 Å². The minimum atomic E-state index is -0.279. The third-order valence-corrected chi connectivity index (χ3v) is 3.81. The van der Waals surface area contributed by atoms with E-state index in [0.29, 0.717) is 23.5 Å². The van der Waals surface area contributed by atoms with Crippen LogP contribution < -0.4 is 5.32 Å². The molecule has 0 aliphatic heterocycles. The van der Waals surface area contributed by atoms with Crippen LogP contribution in [-0.4, -0.2) is 25.5 Å². The summed E-state index contributed by atoms with van der Waals surface area (Å²) < 4.78 is 16.6. The zero-order chi connectivity index (χ0) is 17.3. The van der Waals surface area contributed by atoms with E-state index in [0.717, 1.165) is 11.3 Å². The van der Waals surface area contributed by atoms with Crippen molar-refractivity contribution in [3.63, 3.8) is 0 Å². The van der Waals surface area contributed by atoms with Crippen molar-refractivity contribution in [2.24, 2.45) is 7.05 Å². The molecule has 0 saturated carbocycles. The molecule has 2 heterocycles. The van der Waals surface area contributed by atoms with Gasteiger partial charge in [-0.05, 0) is 31.5 Å². The molecule has 6 nitrogen and oxygen atoms in total. The molecule has 0 atom stereocenters. The number of rotatable bonds is 4. The summed E-state index contributed by atoms with van der Waals surface area (Å²) >= 11 is 0. The predicted octanol–water partition coefficient (Wildman–Crippen LogP) is 2.67. The Labute approximate surface area is 138 Å². The fourth-order valence-electron chi connectivity index (χ4n) is 2.56. The van der Waals surface area contributed by atoms with Gasteiger partial charge in [0.2, 0.25) is 0 Å². The van der Waals surface area contributed by atoms with Crippen LogP contribution in [0.15, 0.2) is 36.7 Å². The molecule has 0 unspecified atom stereocenters. The maximum atomic E-state index is 13.3. The molecule has 0 aliphatic carbocycles. The molecule has 3 aromatic rings. The fraction of sp³-hybridized carbons (Fsp3) is 0.235. The number of hydrogen-bond donors (Lipinski definition) is 1. The van der Waals surface area contributed by atoms with E-state index in [1.54, 1.807) is 28.7 Å². The number of carbonyl (C=O) groups is 1. The number of carbonyl (C=O) groups excluding carboxylic acids is 1. The third-order valence-electron chi connectivity index (χ3n) is 3.81. The zero-order valence-electron chi connectivity index (χ0n) is 13.7. The predicted molar refractivity (Wildman–Crippen MR) is 88.4 cm³/mol. The molecular weight excluding hydrogens is 309 g/mol. The Morgan fingerprint density at radius 2 is 2.12 bits per heavy atom. The van der Waals surface area contributed by atoms with Crippen LogP contribution in [0.5, 0.6) is 0 Å². The topological polar surface area (TPSA) is 64.7 Å². The maximum Gasteiger partial charge on any atom is 0.258 e. The van der Waals surface area contributed by atoms with E-state index in [1.807, 2.05) is 19.9 Å². The monoisotopic (exact) mass is 327 g/mol. The number of anilines is 1. The van der Waals surface area contributed by atoms with Gasteiger partial charge < -0.3 is 5.32 Å². The standard InChI is InChI=1S/C17H18FN5O/c1-11-16(20-17(24)14-8-19-22(3)10-14)12(2)23(21-11)9-13-5-4-6-15(18)7-13/h4-8,10H,9H2,1-3H3,(H,20,24). The van der Waals surface area contributed by atoms with Crippen molar-refractivity contribution in [1.29, 1.82) is 0 Å². The van der Waals surface area contributed by atoms with Gasteiger partial charge in [0.05, 0.1) is 35.4 Å². The summed E-state index contributed by atoms with van der Waals surface area (Å²) in [4.78, 5) is 12.3. The summed E-state index contributed by atoms with van der Waals surface area (Å²) in [7, 11) is 1.75. The molecule has 0 fully saturated rings. The van der Waals surface area contributed by atoms with E-state index in [1.165, 1.54) is 18.3 Å². The molecule has 0 radical (unpaired) electrons. The van der Waals surface area contributed by atoms with E-state index in [9.17, 15) is 9.18 Å². The van der Waals surface area contributed by atoms with Crippen molar-refractivity contribution in [1.82, 2.24) is 19.6 Å². The molecule has 0 aliphatic rings. The maximum absolute atomic E-state index is 13.3. The lowest BCUT2D eigenvalue weighted by molar-refractivity contribution is 0.102. The number of nitrogens with one attached hydrogen (secondary N) is 1. The van der Waals surface area contributed by atoms with Crippen LogP contribution in [0.2, 0.25) is 0 Å². The Bertz CT molecular complexity index is 896. The number of nitrogens with zero attached hydrogens (tertiary/aromatic N) is 4. The van der Waals surface area contributed by atoms with Crippen LogP contribution in [0.25, 0.3) is 0 Å². The quantitative estimate of drug-likeness (QED) is 0.801. The number of aryl methyl sites for hydroxylation is 2. The normalized spacial score (nSPS) is 10.8. The highest BCUT2D eigenvalue weighted by Gasteiger charge is 2.16. The van der Waals surface area contributed by atoms with Crippen molar-refractivity contribution in [2.75, 3.05) is 5.32 Å². The molecule has 7 heteroatoms. The molecule has 0 spiro atoms. The first kappa shape index (κ1) is 15.9. The van der Waals surface area contributed by atoms with Crippen LogP contribution in [0.3, 0.4) is 0 Å². The zero-order valence-corrected chi connectivity index (χ0v) is 13.7. The molecule has 24 heavy (non-hydrogen) atoms. The number of halogens is 1. The van der Waals surface area contributed by atoms with Crippen molar-refractivity contribution in [2.45, 2.75) is 20.4 Å². The smallest absolute Gasteiger partial charge is 0.258 e. The first-order valence-electron chi connectivity index (χ1n) is 7.52. The van der Waals surface area contributed by atoms with Gasteiger partial charge in [0.1, 0.15) is 5.82 Å². The molecule has 1 amide bonds. The van der Waals surface area contributed by atoms with Gasteiger partial charge in [-0.25, -0.2) is 4.39 Å². The SMILES string of the molecule is Cc1nn(Cc2cccc(F)c2)c(C)c1NC(=O)c1cnn(C)c1. The minimum absolute atomic E-state index is 0.236. The Hall–Kier alpha value is -2.96. The second-order valence-corrected chi connectivity index (χ2v) is 5.69. The summed E-state index contributed by atoms with van der Waals surface area (Å²) in [5.41, 5.74) is 3.48. The van der Waals surface area contributed by atoms with Crippen molar-refractivity contribution >= 4 is 11.6 Å². The highest BCUT2D eigenvalue weighted by molar-refractivity contribution is 6.04. The Morgan fingerprint density at radius 3 is 2.79 bits per heavy atom. The Kier molecular flexibility index (Phi) is 4.16.